The van der Waals surface area contributed by atoms with Crippen molar-refractivity contribution in [2.24, 2.45) is 0 Å². The largest absolute Gasteiger partial charge is 0.395 e. The average molecular weight is 221 g/mol. The Morgan fingerprint density at radius 1 is 0.800 bits per heavy atom. The Balaban J connectivity index is 0. The van der Waals surface area contributed by atoms with Gasteiger partial charge in [0, 0.05) is 26.2 Å². The number of aliphatic hydroxyl groups excluding tert-OH is 2. The van der Waals surface area contributed by atoms with Crippen LogP contribution in [-0.2, 0) is 0 Å². The summed E-state index contributed by atoms with van der Waals surface area (Å²) in [6.45, 7) is 3.71. The number of likely N-dealkylation sites (N-methyl/N-ethyl adjacent to an activating group) is 2. The van der Waals surface area contributed by atoms with Gasteiger partial charge < -0.3 is 25.3 Å². The van der Waals surface area contributed by atoms with Crippen LogP contribution in [0.3, 0.4) is 0 Å². The van der Waals surface area contributed by atoms with Crippen molar-refractivity contribution in [2.75, 3.05) is 67.6 Å². The van der Waals surface area contributed by atoms with Crippen molar-refractivity contribution in [2.45, 2.75) is 0 Å². The van der Waals surface area contributed by atoms with Gasteiger partial charge in [0.05, 0.1) is 13.2 Å². The number of nitrogens with zero attached hydrogens (tertiary/aromatic N) is 2. The van der Waals surface area contributed by atoms with Crippen molar-refractivity contribution >= 4 is 0 Å². The molecule has 0 aliphatic rings. The van der Waals surface area contributed by atoms with Crippen LogP contribution in [-0.4, -0.2) is 87.6 Å². The van der Waals surface area contributed by atoms with Crippen molar-refractivity contribution < 1.29 is 10.2 Å². The lowest BCUT2D eigenvalue weighted by Gasteiger charge is -2.13. The van der Waals surface area contributed by atoms with E-state index in [1.54, 1.807) is 0 Å². The monoisotopic (exact) mass is 221 g/mol. The van der Waals surface area contributed by atoms with E-state index in [0.717, 1.165) is 13.1 Å². The van der Waals surface area contributed by atoms with Crippen LogP contribution < -0.4 is 5.32 Å². The Morgan fingerprint density at radius 3 is 1.33 bits per heavy atom. The third-order valence-electron chi connectivity index (χ3n) is 1.57. The smallest absolute Gasteiger partial charge is 0.0555 e. The summed E-state index contributed by atoms with van der Waals surface area (Å²) in [7, 11) is 8.35. The first-order valence-corrected chi connectivity index (χ1v) is 5.26. The van der Waals surface area contributed by atoms with E-state index in [9.17, 15) is 0 Å². The van der Waals surface area contributed by atoms with Crippen LogP contribution in [0.25, 0.3) is 0 Å². The number of aliphatic hydroxyl groups is 2. The van der Waals surface area contributed by atoms with Gasteiger partial charge in [-0.15, -0.1) is 0 Å². The molecule has 0 aromatic heterocycles. The molecule has 0 heterocycles. The summed E-state index contributed by atoms with van der Waals surface area (Å²) >= 11 is 0. The molecule has 0 bridgehead atoms. The van der Waals surface area contributed by atoms with Crippen molar-refractivity contribution in [3.8, 4) is 0 Å². The summed E-state index contributed by atoms with van der Waals surface area (Å²) in [6.07, 6.45) is 0. The second-order valence-electron chi connectivity index (χ2n) is 3.80. The molecule has 0 aromatic rings. The predicted octanol–water partition coefficient (Wildman–Crippen LogP) is -1.33. The SMILES string of the molecule is CN(C)CCN(C)C.OCCNCCO. The summed E-state index contributed by atoms with van der Waals surface area (Å²) in [4.78, 5) is 4.36. The fraction of sp³-hybridized carbons (Fsp3) is 1.00. The van der Waals surface area contributed by atoms with Crippen molar-refractivity contribution in [3.63, 3.8) is 0 Å². The highest BCUT2D eigenvalue weighted by Crippen LogP contribution is 1.76. The lowest BCUT2D eigenvalue weighted by Crippen LogP contribution is -2.25. The number of rotatable bonds is 7. The predicted molar refractivity (Wildman–Crippen MR) is 64.1 cm³/mol. The first kappa shape index (κ1) is 17.2. The number of nitrogens with one attached hydrogen (secondary N) is 1. The molecule has 0 atom stereocenters. The first-order chi connectivity index (χ1) is 7.04. The van der Waals surface area contributed by atoms with Crippen molar-refractivity contribution in [3.05, 3.63) is 0 Å². The summed E-state index contributed by atoms with van der Waals surface area (Å²) in [5.41, 5.74) is 0. The molecule has 15 heavy (non-hydrogen) atoms. The summed E-state index contributed by atoms with van der Waals surface area (Å²) in [6, 6.07) is 0. The molecule has 5 nitrogen and oxygen atoms in total. The van der Waals surface area contributed by atoms with Crippen LogP contribution in [0.15, 0.2) is 0 Å². The van der Waals surface area contributed by atoms with Gasteiger partial charge in [-0.3, -0.25) is 0 Å². The van der Waals surface area contributed by atoms with Gasteiger partial charge in [-0.2, -0.15) is 0 Å². The fourth-order valence-corrected chi connectivity index (χ4v) is 0.683. The topological polar surface area (TPSA) is 59.0 Å². The Hall–Kier alpha value is -0.200. The standard InChI is InChI=1S/C6H16N2.C4H11NO2/c1-7(2)5-6-8(3)4;6-3-1-5-2-4-7/h5-6H2,1-4H3;5-7H,1-4H2. The molecule has 0 saturated heterocycles. The maximum absolute atomic E-state index is 8.15. The van der Waals surface area contributed by atoms with Crippen LogP contribution in [0.5, 0.6) is 0 Å². The zero-order valence-corrected chi connectivity index (χ0v) is 10.5. The zero-order valence-electron chi connectivity index (χ0n) is 10.5. The summed E-state index contributed by atoms with van der Waals surface area (Å²) in [5, 5.41) is 19.1. The van der Waals surface area contributed by atoms with Crippen molar-refractivity contribution in [1.29, 1.82) is 0 Å². The van der Waals surface area contributed by atoms with E-state index >= 15 is 0 Å². The van der Waals surface area contributed by atoms with Gasteiger partial charge in [-0.05, 0) is 28.2 Å². The minimum Gasteiger partial charge on any atom is -0.395 e. The quantitative estimate of drug-likeness (QED) is 0.465. The zero-order chi connectivity index (χ0) is 12.1. The van der Waals surface area contributed by atoms with E-state index in [1.807, 2.05) is 0 Å². The normalized spacial score (nSPS) is 10.4. The molecule has 0 aliphatic carbocycles. The van der Waals surface area contributed by atoms with Crippen molar-refractivity contribution in [1.82, 2.24) is 15.1 Å². The molecule has 0 aromatic carbocycles. The Bertz CT molecular complexity index is 98.8. The molecule has 0 fully saturated rings. The molecule has 0 unspecified atom stereocenters. The number of hydrogen-bond donors (Lipinski definition) is 3. The van der Waals surface area contributed by atoms with Gasteiger partial charge in [-0.25, -0.2) is 0 Å². The molecular weight excluding hydrogens is 194 g/mol. The minimum atomic E-state index is 0.139. The highest BCUT2D eigenvalue weighted by atomic mass is 16.3. The molecule has 0 rings (SSSR count). The van der Waals surface area contributed by atoms with Gasteiger partial charge in [0.25, 0.3) is 0 Å². The molecular formula is C10H27N3O2. The van der Waals surface area contributed by atoms with Gasteiger partial charge in [-0.1, -0.05) is 0 Å². The lowest BCUT2D eigenvalue weighted by atomic mass is 10.5. The van der Waals surface area contributed by atoms with Crippen LogP contribution in [0.1, 0.15) is 0 Å². The summed E-state index contributed by atoms with van der Waals surface area (Å²) < 4.78 is 0. The third kappa shape index (κ3) is 24.8. The minimum absolute atomic E-state index is 0.139. The molecule has 5 heteroatoms. The molecule has 0 saturated carbocycles. The van der Waals surface area contributed by atoms with Gasteiger partial charge >= 0.3 is 0 Å². The Morgan fingerprint density at radius 2 is 1.13 bits per heavy atom. The Kier molecular flexibility index (Phi) is 15.8. The molecule has 94 valence electrons. The van der Waals surface area contributed by atoms with E-state index in [2.05, 4.69) is 43.3 Å². The van der Waals surface area contributed by atoms with Crippen LogP contribution in [0, 0.1) is 0 Å². The van der Waals surface area contributed by atoms with Gasteiger partial charge in [0.1, 0.15) is 0 Å². The summed E-state index contributed by atoms with van der Waals surface area (Å²) in [5.74, 6) is 0. The average Bonchev–Trinajstić information content (AvgIpc) is 2.17. The van der Waals surface area contributed by atoms with Gasteiger partial charge in [0.2, 0.25) is 0 Å². The second kappa shape index (κ2) is 13.8. The highest BCUT2D eigenvalue weighted by molar-refractivity contribution is 4.46. The van der Waals surface area contributed by atoms with E-state index < -0.39 is 0 Å². The van der Waals surface area contributed by atoms with E-state index in [1.165, 1.54) is 0 Å². The maximum atomic E-state index is 8.15. The van der Waals surface area contributed by atoms with E-state index in [-0.39, 0.29) is 13.2 Å². The van der Waals surface area contributed by atoms with Crippen LogP contribution in [0.4, 0.5) is 0 Å². The molecule has 0 radical (unpaired) electrons. The Labute approximate surface area is 93.7 Å². The molecule has 0 amide bonds. The fourth-order valence-electron chi connectivity index (χ4n) is 0.683. The third-order valence-corrected chi connectivity index (χ3v) is 1.57. The van der Waals surface area contributed by atoms with Crippen LogP contribution in [0.2, 0.25) is 0 Å². The first-order valence-electron chi connectivity index (χ1n) is 5.26. The molecule has 0 aliphatic heterocycles. The lowest BCUT2D eigenvalue weighted by molar-refractivity contribution is 0.267. The maximum Gasteiger partial charge on any atom is 0.0555 e. The molecule has 0 spiro atoms. The second-order valence-corrected chi connectivity index (χ2v) is 3.80. The van der Waals surface area contributed by atoms with E-state index in [0.29, 0.717) is 13.1 Å². The van der Waals surface area contributed by atoms with Crippen LogP contribution >= 0.6 is 0 Å². The highest BCUT2D eigenvalue weighted by Gasteiger charge is 1.89. The number of hydrogen-bond acceptors (Lipinski definition) is 5. The van der Waals surface area contributed by atoms with E-state index in [4.69, 9.17) is 10.2 Å². The van der Waals surface area contributed by atoms with Gasteiger partial charge in [0.15, 0.2) is 0 Å². The molecule has 3 N–H and O–H groups in total.